The van der Waals surface area contributed by atoms with Gasteiger partial charge in [0.1, 0.15) is 5.75 Å². The first-order valence-electron chi connectivity index (χ1n) is 5.66. The Bertz CT molecular complexity index is 491. The molecule has 4 nitrogen and oxygen atoms in total. The van der Waals surface area contributed by atoms with E-state index in [1.165, 1.54) is 0 Å². The Labute approximate surface area is 101 Å². The predicted octanol–water partition coefficient (Wildman–Crippen LogP) is 2.33. The third kappa shape index (κ3) is 3.07. The molecule has 1 aromatic carbocycles. The van der Waals surface area contributed by atoms with Crippen molar-refractivity contribution in [1.82, 2.24) is 9.78 Å². The van der Waals surface area contributed by atoms with Gasteiger partial charge in [-0.25, -0.2) is 0 Å². The van der Waals surface area contributed by atoms with Crippen LogP contribution >= 0.6 is 0 Å². The molecule has 90 valence electrons. The molecule has 0 radical (unpaired) electrons. The van der Waals surface area contributed by atoms with Crippen LogP contribution in [-0.4, -0.2) is 15.8 Å². The summed E-state index contributed by atoms with van der Waals surface area (Å²) < 4.78 is 7.54. The van der Waals surface area contributed by atoms with Crippen molar-refractivity contribution in [2.24, 2.45) is 5.73 Å². The monoisotopic (exact) mass is 231 g/mol. The molecule has 1 aromatic heterocycles. The highest BCUT2D eigenvalue weighted by Crippen LogP contribution is 2.23. The fourth-order valence-corrected chi connectivity index (χ4v) is 1.59. The Morgan fingerprint density at radius 1 is 1.41 bits per heavy atom. The molecule has 1 atom stereocenters. The number of ether oxygens (including phenoxy) is 1. The SMILES string of the molecule is Cc1ccccc1Oc1cnn(CC(C)N)c1. The largest absolute Gasteiger partial charge is 0.454 e. The molecule has 0 spiro atoms. The van der Waals surface area contributed by atoms with Gasteiger partial charge in [-0.2, -0.15) is 5.10 Å². The molecule has 0 aliphatic carbocycles. The van der Waals surface area contributed by atoms with Gasteiger partial charge in [-0.1, -0.05) is 18.2 Å². The van der Waals surface area contributed by atoms with Crippen LogP contribution in [0.1, 0.15) is 12.5 Å². The second-order valence-corrected chi connectivity index (χ2v) is 4.24. The van der Waals surface area contributed by atoms with E-state index in [4.69, 9.17) is 10.5 Å². The summed E-state index contributed by atoms with van der Waals surface area (Å²) in [5.74, 6) is 1.59. The predicted molar refractivity (Wildman–Crippen MR) is 67.1 cm³/mol. The van der Waals surface area contributed by atoms with Crippen molar-refractivity contribution >= 4 is 0 Å². The zero-order chi connectivity index (χ0) is 12.3. The molecule has 0 saturated carbocycles. The molecule has 0 bridgehead atoms. The summed E-state index contributed by atoms with van der Waals surface area (Å²) >= 11 is 0. The van der Waals surface area contributed by atoms with Gasteiger partial charge in [-0.05, 0) is 25.5 Å². The molecule has 1 heterocycles. The highest BCUT2D eigenvalue weighted by atomic mass is 16.5. The summed E-state index contributed by atoms with van der Waals surface area (Å²) in [6, 6.07) is 7.98. The standard InChI is InChI=1S/C13H17N3O/c1-10-5-3-4-6-13(10)17-12-7-15-16(9-12)8-11(2)14/h3-7,9,11H,8,14H2,1-2H3. The van der Waals surface area contributed by atoms with Crippen LogP contribution in [0.15, 0.2) is 36.7 Å². The lowest BCUT2D eigenvalue weighted by Gasteiger charge is -2.06. The van der Waals surface area contributed by atoms with E-state index in [0.717, 1.165) is 17.1 Å². The highest BCUT2D eigenvalue weighted by Gasteiger charge is 2.04. The first-order valence-corrected chi connectivity index (χ1v) is 5.66. The van der Waals surface area contributed by atoms with E-state index in [-0.39, 0.29) is 6.04 Å². The van der Waals surface area contributed by atoms with Crippen molar-refractivity contribution in [2.75, 3.05) is 0 Å². The Balaban J connectivity index is 2.09. The van der Waals surface area contributed by atoms with E-state index in [0.29, 0.717) is 6.54 Å². The molecule has 17 heavy (non-hydrogen) atoms. The van der Waals surface area contributed by atoms with Gasteiger partial charge in [0.15, 0.2) is 5.75 Å². The van der Waals surface area contributed by atoms with Gasteiger partial charge in [-0.15, -0.1) is 0 Å². The van der Waals surface area contributed by atoms with Gasteiger partial charge in [0.05, 0.1) is 18.9 Å². The maximum Gasteiger partial charge on any atom is 0.165 e. The minimum atomic E-state index is 0.0845. The van der Waals surface area contributed by atoms with Gasteiger partial charge in [-0.3, -0.25) is 4.68 Å². The lowest BCUT2D eigenvalue weighted by molar-refractivity contribution is 0.475. The number of hydrogen-bond donors (Lipinski definition) is 1. The fraction of sp³-hybridized carbons (Fsp3) is 0.308. The number of benzene rings is 1. The van der Waals surface area contributed by atoms with Crippen LogP contribution in [0.25, 0.3) is 0 Å². The molecule has 0 fully saturated rings. The Hall–Kier alpha value is -1.81. The number of para-hydroxylation sites is 1. The zero-order valence-corrected chi connectivity index (χ0v) is 10.1. The average molecular weight is 231 g/mol. The number of hydrogen-bond acceptors (Lipinski definition) is 3. The minimum Gasteiger partial charge on any atom is -0.454 e. The van der Waals surface area contributed by atoms with Crippen LogP contribution in [0.5, 0.6) is 11.5 Å². The van der Waals surface area contributed by atoms with E-state index in [2.05, 4.69) is 5.10 Å². The summed E-state index contributed by atoms with van der Waals surface area (Å²) in [6.45, 7) is 4.66. The second-order valence-electron chi connectivity index (χ2n) is 4.24. The maximum atomic E-state index is 5.75. The molecular weight excluding hydrogens is 214 g/mol. The second kappa shape index (κ2) is 5.01. The van der Waals surface area contributed by atoms with Crippen molar-refractivity contribution in [3.8, 4) is 11.5 Å². The summed E-state index contributed by atoms with van der Waals surface area (Å²) in [5.41, 5.74) is 6.81. The molecule has 0 amide bonds. The van der Waals surface area contributed by atoms with Gasteiger partial charge in [0.25, 0.3) is 0 Å². The third-order valence-electron chi connectivity index (χ3n) is 2.41. The molecule has 4 heteroatoms. The van der Waals surface area contributed by atoms with Crippen molar-refractivity contribution in [3.05, 3.63) is 42.2 Å². The molecular formula is C13H17N3O. The van der Waals surface area contributed by atoms with Crippen molar-refractivity contribution in [3.63, 3.8) is 0 Å². The Morgan fingerprint density at radius 3 is 2.88 bits per heavy atom. The molecule has 2 N–H and O–H groups in total. The van der Waals surface area contributed by atoms with Crippen LogP contribution in [0, 0.1) is 6.92 Å². The van der Waals surface area contributed by atoms with E-state index in [1.54, 1.807) is 10.9 Å². The lowest BCUT2D eigenvalue weighted by atomic mass is 10.2. The Morgan fingerprint density at radius 2 is 2.18 bits per heavy atom. The quantitative estimate of drug-likeness (QED) is 0.878. The highest BCUT2D eigenvalue weighted by molar-refractivity contribution is 5.35. The maximum absolute atomic E-state index is 5.75. The number of aromatic nitrogens is 2. The van der Waals surface area contributed by atoms with Gasteiger partial charge in [0, 0.05) is 6.04 Å². The first kappa shape index (κ1) is 11.7. The summed E-state index contributed by atoms with van der Waals surface area (Å²) in [6.07, 6.45) is 3.56. The topological polar surface area (TPSA) is 53.1 Å². The summed E-state index contributed by atoms with van der Waals surface area (Å²) in [5, 5.41) is 4.19. The van der Waals surface area contributed by atoms with Crippen molar-refractivity contribution in [2.45, 2.75) is 26.4 Å². The van der Waals surface area contributed by atoms with E-state index in [9.17, 15) is 0 Å². The van der Waals surface area contributed by atoms with Gasteiger partial charge in [0.2, 0.25) is 0 Å². The molecule has 2 rings (SSSR count). The van der Waals surface area contributed by atoms with E-state index in [1.807, 2.05) is 44.3 Å². The summed E-state index contributed by atoms with van der Waals surface area (Å²) in [4.78, 5) is 0. The third-order valence-corrected chi connectivity index (χ3v) is 2.41. The van der Waals surface area contributed by atoms with Crippen LogP contribution < -0.4 is 10.5 Å². The number of nitrogens with zero attached hydrogens (tertiary/aromatic N) is 2. The van der Waals surface area contributed by atoms with Crippen molar-refractivity contribution < 1.29 is 4.74 Å². The lowest BCUT2D eigenvalue weighted by Crippen LogP contribution is -2.22. The fourth-order valence-electron chi connectivity index (χ4n) is 1.59. The smallest absolute Gasteiger partial charge is 0.165 e. The average Bonchev–Trinajstić information content (AvgIpc) is 2.68. The van der Waals surface area contributed by atoms with E-state index < -0.39 is 0 Å². The molecule has 2 aromatic rings. The zero-order valence-electron chi connectivity index (χ0n) is 10.1. The number of rotatable bonds is 4. The normalized spacial score (nSPS) is 12.4. The minimum absolute atomic E-state index is 0.0845. The van der Waals surface area contributed by atoms with Gasteiger partial charge < -0.3 is 10.5 Å². The van der Waals surface area contributed by atoms with Crippen LogP contribution in [0.3, 0.4) is 0 Å². The van der Waals surface area contributed by atoms with Crippen LogP contribution in [-0.2, 0) is 6.54 Å². The molecule has 0 saturated heterocycles. The molecule has 0 aliphatic heterocycles. The number of aryl methyl sites for hydroxylation is 1. The van der Waals surface area contributed by atoms with E-state index >= 15 is 0 Å². The van der Waals surface area contributed by atoms with Crippen LogP contribution in [0.2, 0.25) is 0 Å². The van der Waals surface area contributed by atoms with Crippen LogP contribution in [0.4, 0.5) is 0 Å². The number of nitrogens with two attached hydrogens (primary N) is 1. The van der Waals surface area contributed by atoms with Gasteiger partial charge >= 0.3 is 0 Å². The first-order chi connectivity index (χ1) is 8.15. The molecule has 0 aliphatic rings. The van der Waals surface area contributed by atoms with Crippen molar-refractivity contribution in [1.29, 1.82) is 0 Å². The molecule has 1 unspecified atom stereocenters. The Kier molecular flexibility index (Phi) is 3.44. The summed E-state index contributed by atoms with van der Waals surface area (Å²) in [7, 11) is 0.